The van der Waals surface area contributed by atoms with Crippen LogP contribution in [-0.2, 0) is 6.42 Å². The molecule has 2 aromatic rings. The lowest BCUT2D eigenvalue weighted by Crippen LogP contribution is -2.12. The van der Waals surface area contributed by atoms with Crippen molar-refractivity contribution in [3.63, 3.8) is 0 Å². The SMILES string of the molecule is CNC1CCc2c(-c3ccoc3)cccc21. The normalized spacial score (nSPS) is 18.7. The van der Waals surface area contributed by atoms with Crippen LogP contribution in [0.5, 0.6) is 0 Å². The van der Waals surface area contributed by atoms with E-state index in [1.807, 2.05) is 19.4 Å². The average Bonchev–Trinajstić information content (AvgIpc) is 2.97. The first-order chi connectivity index (χ1) is 7.90. The van der Waals surface area contributed by atoms with Crippen LogP contribution in [0, 0.1) is 0 Å². The molecule has 1 aromatic heterocycles. The molecule has 1 atom stereocenters. The minimum absolute atomic E-state index is 0.516. The molecule has 0 saturated carbocycles. The second-order valence-corrected chi connectivity index (χ2v) is 4.27. The molecule has 0 fully saturated rings. The highest BCUT2D eigenvalue weighted by Gasteiger charge is 2.23. The van der Waals surface area contributed by atoms with Crippen molar-refractivity contribution in [1.82, 2.24) is 5.32 Å². The number of benzene rings is 1. The van der Waals surface area contributed by atoms with Crippen molar-refractivity contribution in [2.24, 2.45) is 0 Å². The lowest BCUT2D eigenvalue weighted by atomic mass is 9.98. The number of hydrogen-bond donors (Lipinski definition) is 1. The van der Waals surface area contributed by atoms with Gasteiger partial charge in [0.25, 0.3) is 0 Å². The van der Waals surface area contributed by atoms with Gasteiger partial charge in [-0.25, -0.2) is 0 Å². The molecule has 16 heavy (non-hydrogen) atoms. The zero-order chi connectivity index (χ0) is 11.0. The van der Waals surface area contributed by atoms with Crippen LogP contribution in [0.3, 0.4) is 0 Å². The number of rotatable bonds is 2. The molecule has 0 bridgehead atoms. The van der Waals surface area contributed by atoms with Crippen molar-refractivity contribution in [3.05, 3.63) is 47.9 Å². The Morgan fingerprint density at radius 3 is 3.00 bits per heavy atom. The maximum absolute atomic E-state index is 5.17. The van der Waals surface area contributed by atoms with Crippen LogP contribution >= 0.6 is 0 Å². The van der Waals surface area contributed by atoms with E-state index in [-0.39, 0.29) is 0 Å². The zero-order valence-corrected chi connectivity index (χ0v) is 9.36. The predicted molar refractivity (Wildman–Crippen MR) is 64.3 cm³/mol. The molecule has 1 aliphatic carbocycles. The maximum Gasteiger partial charge on any atom is 0.0981 e. The number of nitrogens with one attached hydrogen (secondary N) is 1. The standard InChI is InChI=1S/C14H15NO/c1-15-14-6-5-12-11(3-2-4-13(12)14)10-7-8-16-9-10/h2-4,7-9,14-15H,5-6H2,1H3. The molecule has 0 amide bonds. The van der Waals surface area contributed by atoms with Crippen LogP contribution < -0.4 is 5.32 Å². The highest BCUT2D eigenvalue weighted by molar-refractivity contribution is 5.69. The Balaban J connectivity index is 2.12. The first-order valence-corrected chi connectivity index (χ1v) is 5.72. The van der Waals surface area contributed by atoms with E-state index in [1.54, 1.807) is 6.26 Å². The van der Waals surface area contributed by atoms with E-state index in [4.69, 9.17) is 4.42 Å². The third-order valence-corrected chi connectivity index (χ3v) is 3.45. The van der Waals surface area contributed by atoms with E-state index in [2.05, 4.69) is 23.5 Å². The van der Waals surface area contributed by atoms with Gasteiger partial charge in [0.1, 0.15) is 0 Å². The number of hydrogen-bond acceptors (Lipinski definition) is 2. The summed E-state index contributed by atoms with van der Waals surface area (Å²) in [5, 5.41) is 3.37. The molecule has 3 rings (SSSR count). The van der Waals surface area contributed by atoms with Gasteiger partial charge in [-0.3, -0.25) is 0 Å². The van der Waals surface area contributed by atoms with E-state index in [9.17, 15) is 0 Å². The van der Waals surface area contributed by atoms with E-state index >= 15 is 0 Å². The summed E-state index contributed by atoms with van der Waals surface area (Å²) < 4.78 is 5.17. The van der Waals surface area contributed by atoms with Gasteiger partial charge in [-0.05, 0) is 42.6 Å². The Hall–Kier alpha value is -1.54. The maximum atomic E-state index is 5.17. The number of fused-ring (bicyclic) bond motifs is 1. The smallest absolute Gasteiger partial charge is 0.0981 e. The van der Waals surface area contributed by atoms with Gasteiger partial charge < -0.3 is 9.73 Å². The molecule has 0 spiro atoms. The molecule has 82 valence electrons. The molecule has 1 heterocycles. The first kappa shape index (κ1) is 9.67. The quantitative estimate of drug-likeness (QED) is 0.829. The molecule has 1 aromatic carbocycles. The number of furan rings is 1. The topological polar surface area (TPSA) is 25.2 Å². The van der Waals surface area contributed by atoms with E-state index in [1.165, 1.54) is 28.7 Å². The highest BCUT2D eigenvalue weighted by atomic mass is 16.3. The Morgan fingerprint density at radius 1 is 1.31 bits per heavy atom. The Labute approximate surface area is 95.3 Å². The van der Waals surface area contributed by atoms with Gasteiger partial charge in [0.2, 0.25) is 0 Å². The van der Waals surface area contributed by atoms with Crippen molar-refractivity contribution in [2.75, 3.05) is 7.05 Å². The summed E-state index contributed by atoms with van der Waals surface area (Å²) >= 11 is 0. The third kappa shape index (κ3) is 1.38. The van der Waals surface area contributed by atoms with Crippen molar-refractivity contribution in [1.29, 1.82) is 0 Å². The van der Waals surface area contributed by atoms with Crippen molar-refractivity contribution in [3.8, 4) is 11.1 Å². The Morgan fingerprint density at radius 2 is 2.25 bits per heavy atom. The van der Waals surface area contributed by atoms with Gasteiger partial charge in [0.15, 0.2) is 0 Å². The molecular weight excluding hydrogens is 198 g/mol. The van der Waals surface area contributed by atoms with Gasteiger partial charge in [-0.1, -0.05) is 18.2 Å². The lowest BCUT2D eigenvalue weighted by Gasteiger charge is -2.11. The molecular formula is C14H15NO. The second kappa shape index (κ2) is 3.80. The van der Waals surface area contributed by atoms with Crippen molar-refractivity contribution < 1.29 is 4.42 Å². The lowest BCUT2D eigenvalue weighted by molar-refractivity contribution is 0.568. The van der Waals surface area contributed by atoms with Crippen molar-refractivity contribution in [2.45, 2.75) is 18.9 Å². The van der Waals surface area contributed by atoms with Gasteiger partial charge in [0.05, 0.1) is 12.5 Å². The van der Waals surface area contributed by atoms with E-state index in [0.717, 1.165) is 6.42 Å². The monoisotopic (exact) mass is 213 g/mol. The van der Waals surface area contributed by atoms with Crippen LogP contribution in [0.4, 0.5) is 0 Å². The minimum atomic E-state index is 0.516. The van der Waals surface area contributed by atoms with Crippen molar-refractivity contribution >= 4 is 0 Å². The zero-order valence-electron chi connectivity index (χ0n) is 9.36. The average molecular weight is 213 g/mol. The Bertz CT molecular complexity index is 487. The fraction of sp³-hybridized carbons (Fsp3) is 0.286. The van der Waals surface area contributed by atoms with Crippen LogP contribution in [0.1, 0.15) is 23.6 Å². The van der Waals surface area contributed by atoms with Crippen LogP contribution in [-0.4, -0.2) is 7.05 Å². The summed E-state index contributed by atoms with van der Waals surface area (Å²) in [4.78, 5) is 0. The molecule has 0 saturated heterocycles. The summed E-state index contributed by atoms with van der Waals surface area (Å²) in [6.07, 6.45) is 5.91. The molecule has 1 unspecified atom stereocenters. The van der Waals surface area contributed by atoms with E-state index in [0.29, 0.717) is 6.04 Å². The molecule has 0 radical (unpaired) electrons. The third-order valence-electron chi connectivity index (χ3n) is 3.45. The molecule has 2 nitrogen and oxygen atoms in total. The largest absolute Gasteiger partial charge is 0.472 e. The summed E-state index contributed by atoms with van der Waals surface area (Å²) in [7, 11) is 2.03. The Kier molecular flexibility index (Phi) is 2.29. The fourth-order valence-corrected chi connectivity index (χ4v) is 2.64. The predicted octanol–water partition coefficient (Wildman–Crippen LogP) is 3.15. The molecule has 0 aliphatic heterocycles. The summed E-state index contributed by atoms with van der Waals surface area (Å²) in [6.45, 7) is 0. The van der Waals surface area contributed by atoms with Gasteiger partial charge in [-0.2, -0.15) is 0 Å². The molecule has 1 aliphatic rings. The second-order valence-electron chi connectivity index (χ2n) is 4.27. The van der Waals surface area contributed by atoms with Crippen LogP contribution in [0.25, 0.3) is 11.1 Å². The summed E-state index contributed by atoms with van der Waals surface area (Å²) in [6, 6.07) is 9.09. The van der Waals surface area contributed by atoms with Gasteiger partial charge in [0, 0.05) is 11.6 Å². The van der Waals surface area contributed by atoms with Crippen LogP contribution in [0.2, 0.25) is 0 Å². The highest BCUT2D eigenvalue weighted by Crippen LogP contribution is 2.37. The van der Waals surface area contributed by atoms with E-state index < -0.39 is 0 Å². The summed E-state index contributed by atoms with van der Waals surface area (Å²) in [5.74, 6) is 0. The van der Waals surface area contributed by atoms with Gasteiger partial charge in [-0.15, -0.1) is 0 Å². The first-order valence-electron chi connectivity index (χ1n) is 5.72. The van der Waals surface area contributed by atoms with Crippen LogP contribution in [0.15, 0.2) is 41.2 Å². The fourth-order valence-electron chi connectivity index (χ4n) is 2.64. The van der Waals surface area contributed by atoms with Gasteiger partial charge >= 0.3 is 0 Å². The molecule has 1 N–H and O–H groups in total. The molecule has 2 heteroatoms. The summed E-state index contributed by atoms with van der Waals surface area (Å²) in [5.41, 5.74) is 5.43. The minimum Gasteiger partial charge on any atom is -0.472 e.